The summed E-state index contributed by atoms with van der Waals surface area (Å²) in [5.41, 5.74) is 0.405. The number of halogens is 2. The van der Waals surface area contributed by atoms with Gasteiger partial charge in [-0.05, 0) is 30.6 Å². The molecule has 0 radical (unpaired) electrons. The molecule has 0 N–H and O–H groups in total. The predicted octanol–water partition coefficient (Wildman–Crippen LogP) is 4.32. The summed E-state index contributed by atoms with van der Waals surface area (Å²) in [5.74, 6) is 2.08. The zero-order valence-corrected chi connectivity index (χ0v) is 14.2. The maximum absolute atomic E-state index is 4.45. The van der Waals surface area contributed by atoms with Crippen LogP contribution in [0.3, 0.4) is 0 Å². The van der Waals surface area contributed by atoms with Crippen LogP contribution in [0.4, 0.5) is 0 Å². The summed E-state index contributed by atoms with van der Waals surface area (Å²) in [5, 5.41) is 2.20. The maximum Gasteiger partial charge on any atom is 0.108 e. The molecular formula is C14H22Br2N2. The van der Waals surface area contributed by atoms with E-state index in [-0.39, 0.29) is 0 Å². The molecule has 1 heterocycles. The van der Waals surface area contributed by atoms with Crippen LogP contribution in [0, 0.1) is 11.3 Å². The van der Waals surface area contributed by atoms with Gasteiger partial charge in [-0.15, -0.1) is 0 Å². The molecule has 4 heteroatoms. The monoisotopic (exact) mass is 376 g/mol. The maximum atomic E-state index is 4.45. The Morgan fingerprint density at radius 2 is 2.00 bits per heavy atom. The van der Waals surface area contributed by atoms with E-state index in [0.717, 1.165) is 23.0 Å². The largest absolute Gasteiger partial charge is 0.338 e. The summed E-state index contributed by atoms with van der Waals surface area (Å²) in [6.45, 7) is 0. The molecule has 2 nitrogen and oxygen atoms in total. The van der Waals surface area contributed by atoms with Crippen molar-refractivity contribution in [3.63, 3.8) is 0 Å². The SMILES string of the molecule is Cn1ccnc1CCC(CBr)(CBr)C1CCCC1. The number of hydrogen-bond acceptors (Lipinski definition) is 1. The lowest BCUT2D eigenvalue weighted by molar-refractivity contribution is 0.215. The van der Waals surface area contributed by atoms with Gasteiger partial charge in [0, 0.05) is 36.5 Å². The molecule has 1 aromatic heterocycles. The topological polar surface area (TPSA) is 17.8 Å². The first-order chi connectivity index (χ1) is 8.72. The highest BCUT2D eigenvalue weighted by atomic mass is 79.9. The number of aromatic nitrogens is 2. The molecule has 0 unspecified atom stereocenters. The molecule has 2 rings (SSSR count). The molecule has 0 aromatic carbocycles. The Hall–Kier alpha value is 0.170. The number of rotatable bonds is 6. The van der Waals surface area contributed by atoms with Crippen LogP contribution < -0.4 is 0 Å². The molecule has 0 bridgehead atoms. The molecule has 0 saturated heterocycles. The van der Waals surface area contributed by atoms with Crippen LogP contribution in [0.2, 0.25) is 0 Å². The molecule has 1 fully saturated rings. The van der Waals surface area contributed by atoms with Gasteiger partial charge in [0.1, 0.15) is 5.82 Å². The van der Waals surface area contributed by atoms with Gasteiger partial charge < -0.3 is 4.57 Å². The second-order valence-corrected chi connectivity index (χ2v) is 6.69. The zero-order chi connectivity index (χ0) is 13.0. The van der Waals surface area contributed by atoms with Crippen molar-refractivity contribution in [2.45, 2.75) is 38.5 Å². The second kappa shape index (κ2) is 6.56. The first-order valence-electron chi connectivity index (χ1n) is 6.80. The van der Waals surface area contributed by atoms with Crippen LogP contribution in [0.25, 0.3) is 0 Å². The van der Waals surface area contributed by atoms with Crippen molar-refractivity contribution < 1.29 is 0 Å². The Morgan fingerprint density at radius 1 is 1.33 bits per heavy atom. The Morgan fingerprint density at radius 3 is 2.50 bits per heavy atom. The van der Waals surface area contributed by atoms with Crippen molar-refractivity contribution in [3.05, 3.63) is 18.2 Å². The molecule has 18 heavy (non-hydrogen) atoms. The molecule has 1 aliphatic carbocycles. The van der Waals surface area contributed by atoms with Gasteiger partial charge in [-0.1, -0.05) is 44.7 Å². The van der Waals surface area contributed by atoms with Gasteiger partial charge in [0.05, 0.1) is 0 Å². The summed E-state index contributed by atoms with van der Waals surface area (Å²) in [6.07, 6.45) is 11.9. The Kier molecular flexibility index (Phi) is 5.31. The third-order valence-corrected chi connectivity index (χ3v) is 6.75. The minimum atomic E-state index is 0.405. The predicted molar refractivity (Wildman–Crippen MR) is 83.5 cm³/mol. The number of aryl methyl sites for hydroxylation is 2. The second-order valence-electron chi connectivity index (χ2n) is 5.57. The zero-order valence-electron chi connectivity index (χ0n) is 11.0. The fourth-order valence-corrected chi connectivity index (χ4v) is 5.53. The minimum Gasteiger partial charge on any atom is -0.338 e. The van der Waals surface area contributed by atoms with Crippen molar-refractivity contribution in [1.82, 2.24) is 9.55 Å². The first-order valence-corrected chi connectivity index (χ1v) is 9.04. The van der Waals surface area contributed by atoms with Crippen molar-refractivity contribution in [2.75, 3.05) is 10.7 Å². The van der Waals surface area contributed by atoms with Crippen LogP contribution in [-0.2, 0) is 13.5 Å². The van der Waals surface area contributed by atoms with Crippen LogP contribution in [-0.4, -0.2) is 20.2 Å². The number of alkyl halides is 2. The van der Waals surface area contributed by atoms with Crippen molar-refractivity contribution >= 4 is 31.9 Å². The molecule has 0 amide bonds. The normalized spacial score (nSPS) is 17.5. The minimum absolute atomic E-state index is 0.405. The summed E-state index contributed by atoms with van der Waals surface area (Å²) < 4.78 is 2.14. The summed E-state index contributed by atoms with van der Waals surface area (Å²) in [6, 6.07) is 0. The summed E-state index contributed by atoms with van der Waals surface area (Å²) in [7, 11) is 2.09. The Balaban J connectivity index is 2.03. The molecule has 1 aromatic rings. The lowest BCUT2D eigenvalue weighted by atomic mass is 9.74. The lowest BCUT2D eigenvalue weighted by Gasteiger charge is -2.36. The van der Waals surface area contributed by atoms with E-state index in [1.54, 1.807) is 0 Å². The molecule has 1 aliphatic rings. The van der Waals surface area contributed by atoms with Gasteiger partial charge in [-0.3, -0.25) is 0 Å². The molecule has 102 valence electrons. The highest BCUT2D eigenvalue weighted by molar-refractivity contribution is 9.09. The standard InChI is InChI=1S/C14H22Br2N2/c1-18-9-8-17-13(18)6-7-14(10-15,11-16)12-4-2-3-5-12/h8-9,12H,2-7,10-11H2,1H3. The van der Waals surface area contributed by atoms with E-state index >= 15 is 0 Å². The number of nitrogens with zero attached hydrogens (tertiary/aromatic N) is 2. The van der Waals surface area contributed by atoms with Crippen LogP contribution in [0.15, 0.2) is 12.4 Å². The van der Waals surface area contributed by atoms with E-state index in [1.807, 2.05) is 12.4 Å². The Labute approximate surface area is 127 Å². The quantitative estimate of drug-likeness (QED) is 0.675. The summed E-state index contributed by atoms with van der Waals surface area (Å²) >= 11 is 7.54. The molecule has 0 atom stereocenters. The van der Waals surface area contributed by atoms with E-state index in [1.165, 1.54) is 37.9 Å². The van der Waals surface area contributed by atoms with Crippen LogP contribution in [0.1, 0.15) is 37.9 Å². The fourth-order valence-electron chi connectivity index (χ4n) is 3.13. The van der Waals surface area contributed by atoms with E-state index < -0.39 is 0 Å². The molecule has 1 saturated carbocycles. The smallest absolute Gasteiger partial charge is 0.108 e. The van der Waals surface area contributed by atoms with Crippen LogP contribution >= 0.6 is 31.9 Å². The van der Waals surface area contributed by atoms with E-state index in [2.05, 4.69) is 48.5 Å². The molecule has 0 aliphatic heterocycles. The van der Waals surface area contributed by atoms with Gasteiger partial charge in [0.15, 0.2) is 0 Å². The van der Waals surface area contributed by atoms with Crippen LogP contribution in [0.5, 0.6) is 0 Å². The number of hydrogen-bond donors (Lipinski definition) is 0. The third-order valence-electron chi connectivity index (χ3n) is 4.52. The van der Waals surface area contributed by atoms with Crippen molar-refractivity contribution in [1.29, 1.82) is 0 Å². The first kappa shape index (κ1) is 14.6. The highest BCUT2D eigenvalue weighted by Crippen LogP contribution is 2.45. The van der Waals surface area contributed by atoms with Gasteiger partial charge >= 0.3 is 0 Å². The van der Waals surface area contributed by atoms with Crippen molar-refractivity contribution in [3.8, 4) is 0 Å². The van der Waals surface area contributed by atoms with Gasteiger partial charge in [-0.2, -0.15) is 0 Å². The average molecular weight is 378 g/mol. The average Bonchev–Trinajstić information content (AvgIpc) is 3.04. The van der Waals surface area contributed by atoms with E-state index in [4.69, 9.17) is 0 Å². The third kappa shape index (κ3) is 3.01. The molecular weight excluding hydrogens is 356 g/mol. The molecule has 0 spiro atoms. The van der Waals surface area contributed by atoms with Gasteiger partial charge in [0.2, 0.25) is 0 Å². The van der Waals surface area contributed by atoms with Gasteiger partial charge in [0.25, 0.3) is 0 Å². The van der Waals surface area contributed by atoms with E-state index in [0.29, 0.717) is 5.41 Å². The summed E-state index contributed by atoms with van der Waals surface area (Å²) in [4.78, 5) is 4.45. The van der Waals surface area contributed by atoms with Gasteiger partial charge in [-0.25, -0.2) is 4.98 Å². The Bertz CT molecular complexity index is 366. The fraction of sp³-hybridized carbons (Fsp3) is 0.786. The number of imidazole rings is 1. The van der Waals surface area contributed by atoms with Crippen molar-refractivity contribution in [2.24, 2.45) is 18.4 Å². The van der Waals surface area contributed by atoms with E-state index in [9.17, 15) is 0 Å². The lowest BCUT2D eigenvalue weighted by Crippen LogP contribution is -2.33. The highest BCUT2D eigenvalue weighted by Gasteiger charge is 2.38.